The summed E-state index contributed by atoms with van der Waals surface area (Å²) < 4.78 is 0. The van der Waals surface area contributed by atoms with Gasteiger partial charge in [-0.3, -0.25) is 0 Å². The van der Waals surface area contributed by atoms with Gasteiger partial charge in [-0.1, -0.05) is 44.5 Å². The molecule has 0 heterocycles. The molecule has 1 aromatic carbocycles. The van der Waals surface area contributed by atoms with E-state index in [9.17, 15) is 5.11 Å². The lowest BCUT2D eigenvalue weighted by Crippen LogP contribution is -2.27. The Labute approximate surface area is 124 Å². The second-order valence-electron chi connectivity index (χ2n) is 7.84. The molecule has 112 valence electrons. The van der Waals surface area contributed by atoms with Gasteiger partial charge in [-0.2, -0.15) is 0 Å². The van der Waals surface area contributed by atoms with Gasteiger partial charge < -0.3 is 5.11 Å². The maximum Gasteiger partial charge on any atom is 0.0899 e. The molecule has 1 nitrogen and oxygen atoms in total. The number of hydrogen-bond donors (Lipinski definition) is 1. The van der Waals surface area contributed by atoms with Crippen molar-refractivity contribution >= 4 is 0 Å². The van der Waals surface area contributed by atoms with Gasteiger partial charge in [-0.15, -0.1) is 0 Å². The van der Waals surface area contributed by atoms with E-state index in [0.717, 1.165) is 37.2 Å². The molecule has 0 bridgehead atoms. The lowest BCUT2D eigenvalue weighted by Gasteiger charge is -2.32. The van der Waals surface area contributed by atoms with Crippen molar-refractivity contribution in [2.24, 2.45) is 11.3 Å². The maximum absolute atomic E-state index is 11.2. The summed E-state index contributed by atoms with van der Waals surface area (Å²) in [7, 11) is 0. The molecule has 1 aromatic rings. The first kappa shape index (κ1) is 15.6. The second kappa shape index (κ2) is 5.52. The van der Waals surface area contributed by atoms with Crippen LogP contribution in [0.25, 0.3) is 0 Å². The first-order valence-electron chi connectivity index (χ1n) is 8.02. The van der Waals surface area contributed by atoms with Gasteiger partial charge in [0.2, 0.25) is 0 Å². The highest BCUT2D eigenvalue weighted by Crippen LogP contribution is 2.44. The number of aryl methyl sites for hydroxylation is 2. The van der Waals surface area contributed by atoms with Crippen molar-refractivity contribution < 1.29 is 5.11 Å². The molecule has 2 unspecified atom stereocenters. The van der Waals surface area contributed by atoms with Crippen molar-refractivity contribution in [3.05, 3.63) is 34.9 Å². The third kappa shape index (κ3) is 3.25. The molecule has 1 fully saturated rings. The largest absolute Gasteiger partial charge is 0.385 e. The quantitative estimate of drug-likeness (QED) is 0.705. The van der Waals surface area contributed by atoms with Crippen LogP contribution >= 0.6 is 0 Å². The molecule has 2 rings (SSSR count). The predicted octanol–water partition coefficient (Wildman–Crippen LogP) is 5.12. The summed E-state index contributed by atoms with van der Waals surface area (Å²) in [4.78, 5) is 0. The fraction of sp³-hybridized carbons (Fsp3) is 0.684. The summed E-state index contributed by atoms with van der Waals surface area (Å²) in [6.07, 6.45) is 5.32. The average Bonchev–Trinajstić information content (AvgIpc) is 2.51. The van der Waals surface area contributed by atoms with Gasteiger partial charge >= 0.3 is 0 Å². The third-order valence-corrected chi connectivity index (χ3v) is 5.16. The Balaban J connectivity index is 2.23. The average molecular weight is 274 g/mol. The number of rotatable bonds is 1. The van der Waals surface area contributed by atoms with Crippen molar-refractivity contribution in [1.29, 1.82) is 0 Å². The van der Waals surface area contributed by atoms with E-state index in [0.29, 0.717) is 5.41 Å². The van der Waals surface area contributed by atoms with E-state index >= 15 is 0 Å². The van der Waals surface area contributed by atoms with Crippen LogP contribution in [0.3, 0.4) is 0 Å². The van der Waals surface area contributed by atoms with E-state index < -0.39 is 5.60 Å². The minimum atomic E-state index is -0.613. The number of hydrogen-bond acceptors (Lipinski definition) is 1. The van der Waals surface area contributed by atoms with Crippen molar-refractivity contribution in [2.45, 2.75) is 72.3 Å². The summed E-state index contributed by atoms with van der Waals surface area (Å²) in [5.74, 6) is 0.724. The molecule has 0 radical (unpaired) electrons. The van der Waals surface area contributed by atoms with Gasteiger partial charge in [0.1, 0.15) is 0 Å². The molecule has 1 N–H and O–H groups in total. The highest BCUT2D eigenvalue weighted by molar-refractivity contribution is 5.35. The molecule has 0 aromatic heterocycles. The molecule has 0 aliphatic heterocycles. The van der Waals surface area contributed by atoms with E-state index in [1.807, 2.05) is 0 Å². The fourth-order valence-corrected chi connectivity index (χ4v) is 3.79. The van der Waals surface area contributed by atoms with E-state index in [1.165, 1.54) is 17.5 Å². The zero-order valence-electron chi connectivity index (χ0n) is 13.8. The molecule has 0 amide bonds. The van der Waals surface area contributed by atoms with Crippen LogP contribution in [0.4, 0.5) is 0 Å². The molecular weight excluding hydrogens is 244 g/mol. The maximum atomic E-state index is 11.2. The van der Waals surface area contributed by atoms with Crippen LogP contribution in [-0.2, 0) is 5.60 Å². The standard InChI is InChI=1S/C19H30O/c1-14-8-9-17(15(2)13-14)19(20)11-6-7-16(10-12-19)18(3,4)5/h8-9,13,16,20H,6-7,10-12H2,1-5H3. The van der Waals surface area contributed by atoms with Crippen LogP contribution in [0.15, 0.2) is 18.2 Å². The second-order valence-corrected chi connectivity index (χ2v) is 7.84. The Hall–Kier alpha value is -0.820. The van der Waals surface area contributed by atoms with Crippen LogP contribution in [0.5, 0.6) is 0 Å². The molecule has 1 aliphatic rings. The number of aliphatic hydroxyl groups is 1. The van der Waals surface area contributed by atoms with Gasteiger partial charge in [0, 0.05) is 0 Å². The zero-order chi connectivity index (χ0) is 15.0. The van der Waals surface area contributed by atoms with Crippen LogP contribution in [0, 0.1) is 25.2 Å². The highest BCUT2D eigenvalue weighted by Gasteiger charge is 2.36. The van der Waals surface area contributed by atoms with Crippen molar-refractivity contribution in [1.82, 2.24) is 0 Å². The Bertz CT molecular complexity index is 469. The predicted molar refractivity (Wildman–Crippen MR) is 85.8 cm³/mol. The van der Waals surface area contributed by atoms with Crippen molar-refractivity contribution in [2.75, 3.05) is 0 Å². The Morgan fingerprint density at radius 2 is 1.80 bits per heavy atom. The van der Waals surface area contributed by atoms with Gasteiger partial charge in [-0.25, -0.2) is 0 Å². The molecule has 0 spiro atoms. The van der Waals surface area contributed by atoms with E-state index in [-0.39, 0.29) is 0 Å². The Kier molecular flexibility index (Phi) is 4.30. The van der Waals surface area contributed by atoms with Crippen molar-refractivity contribution in [3.8, 4) is 0 Å². The van der Waals surface area contributed by atoms with Gasteiger partial charge in [0.05, 0.1) is 5.60 Å². The minimum absolute atomic E-state index is 0.355. The Morgan fingerprint density at radius 3 is 2.40 bits per heavy atom. The summed E-state index contributed by atoms with van der Waals surface area (Å²) in [5.41, 5.74) is 3.40. The molecule has 1 aliphatic carbocycles. The Morgan fingerprint density at radius 1 is 1.10 bits per heavy atom. The van der Waals surface area contributed by atoms with E-state index in [2.05, 4.69) is 52.8 Å². The number of benzene rings is 1. The van der Waals surface area contributed by atoms with Crippen LogP contribution in [0.1, 0.15) is 69.6 Å². The molecule has 1 heteroatoms. The lowest BCUT2D eigenvalue weighted by molar-refractivity contribution is 0.0174. The molecular formula is C19H30O. The fourth-order valence-electron chi connectivity index (χ4n) is 3.79. The van der Waals surface area contributed by atoms with Gasteiger partial charge in [0.15, 0.2) is 0 Å². The first-order chi connectivity index (χ1) is 9.22. The first-order valence-corrected chi connectivity index (χ1v) is 8.02. The summed E-state index contributed by atoms with van der Waals surface area (Å²) in [5, 5.41) is 11.2. The summed E-state index contributed by atoms with van der Waals surface area (Å²) in [6.45, 7) is 11.2. The van der Waals surface area contributed by atoms with Crippen LogP contribution in [-0.4, -0.2) is 5.11 Å². The lowest BCUT2D eigenvalue weighted by atomic mass is 9.76. The molecule has 2 atom stereocenters. The van der Waals surface area contributed by atoms with Crippen molar-refractivity contribution in [3.63, 3.8) is 0 Å². The highest BCUT2D eigenvalue weighted by atomic mass is 16.3. The monoisotopic (exact) mass is 274 g/mol. The normalized spacial score (nSPS) is 28.2. The van der Waals surface area contributed by atoms with Crippen LogP contribution < -0.4 is 0 Å². The summed E-state index contributed by atoms with van der Waals surface area (Å²) >= 11 is 0. The smallest absolute Gasteiger partial charge is 0.0899 e. The van der Waals surface area contributed by atoms with Gasteiger partial charge in [0.25, 0.3) is 0 Å². The molecule has 0 saturated heterocycles. The third-order valence-electron chi connectivity index (χ3n) is 5.16. The zero-order valence-corrected chi connectivity index (χ0v) is 13.8. The summed E-state index contributed by atoms with van der Waals surface area (Å²) in [6, 6.07) is 6.47. The van der Waals surface area contributed by atoms with E-state index in [1.54, 1.807) is 0 Å². The molecule has 1 saturated carbocycles. The molecule has 20 heavy (non-hydrogen) atoms. The topological polar surface area (TPSA) is 20.2 Å². The SMILES string of the molecule is Cc1ccc(C2(O)CCCC(C(C)(C)C)CC2)c(C)c1. The van der Waals surface area contributed by atoms with Gasteiger partial charge in [-0.05, 0) is 68.4 Å². The van der Waals surface area contributed by atoms with Crippen LogP contribution in [0.2, 0.25) is 0 Å². The van der Waals surface area contributed by atoms with E-state index in [4.69, 9.17) is 0 Å². The minimum Gasteiger partial charge on any atom is -0.385 e.